The minimum atomic E-state index is 0.378. The summed E-state index contributed by atoms with van der Waals surface area (Å²) in [6.07, 6.45) is 4.42. The van der Waals surface area contributed by atoms with Crippen molar-refractivity contribution >= 4 is 10.9 Å². The van der Waals surface area contributed by atoms with Gasteiger partial charge >= 0.3 is 0 Å². The van der Waals surface area contributed by atoms with Crippen LogP contribution in [0, 0.1) is 10.5 Å². The quantitative estimate of drug-likeness (QED) is 0.701. The van der Waals surface area contributed by atoms with Gasteiger partial charge in [-0.3, -0.25) is 4.98 Å². The molecule has 1 fully saturated rings. The zero-order valence-electron chi connectivity index (χ0n) is 13.3. The Morgan fingerprint density at radius 1 is 0.952 bits per heavy atom. The number of aromatic nitrogens is 1. The molecule has 114 valence electrons. The van der Waals surface area contributed by atoms with Crippen LogP contribution < -0.4 is 5.32 Å². The Bertz CT molecular complexity index is 487. The molecule has 1 aromatic heterocycles. The van der Waals surface area contributed by atoms with Gasteiger partial charge in [-0.2, -0.15) is 4.91 Å². The van der Waals surface area contributed by atoms with Crippen molar-refractivity contribution in [1.29, 1.82) is 5.59 Å². The van der Waals surface area contributed by atoms with Crippen LogP contribution in [0.5, 0.6) is 0 Å². The number of fused-ring (bicyclic) bond motifs is 1. The van der Waals surface area contributed by atoms with E-state index in [0.29, 0.717) is 11.1 Å². The number of rotatable bonds is 0. The fourth-order valence-corrected chi connectivity index (χ4v) is 2.68. The zero-order valence-corrected chi connectivity index (χ0v) is 13.3. The van der Waals surface area contributed by atoms with E-state index in [4.69, 9.17) is 4.91 Å². The molecule has 2 aromatic rings. The van der Waals surface area contributed by atoms with E-state index in [9.17, 15) is 0 Å². The molecule has 3 rings (SSSR count). The highest BCUT2D eigenvalue weighted by molar-refractivity contribution is 5.77. The van der Waals surface area contributed by atoms with Crippen LogP contribution in [0.2, 0.25) is 0 Å². The molecule has 0 aliphatic carbocycles. The molecular formula is C17H25N3O. The molecule has 4 heteroatoms. The average Bonchev–Trinajstić information content (AvgIpc) is 2.74. The first-order valence-corrected chi connectivity index (χ1v) is 7.18. The summed E-state index contributed by atoms with van der Waals surface area (Å²) in [6, 6.07) is 12.1. The third kappa shape index (κ3) is 5.60. The number of nitroso groups, excluding NO2 is 1. The Labute approximate surface area is 126 Å². The minimum absolute atomic E-state index is 0.378. The van der Waals surface area contributed by atoms with E-state index in [-0.39, 0.29) is 0 Å². The van der Waals surface area contributed by atoms with Crippen LogP contribution in [0.1, 0.15) is 40.5 Å². The third-order valence-electron chi connectivity index (χ3n) is 3.56. The molecule has 2 heterocycles. The van der Waals surface area contributed by atoms with E-state index >= 15 is 0 Å². The topological polar surface area (TPSA) is 65.8 Å². The summed E-state index contributed by atoms with van der Waals surface area (Å²) in [5.41, 5.74) is 6.32. The second-order valence-corrected chi connectivity index (χ2v) is 6.59. The van der Waals surface area contributed by atoms with Crippen molar-refractivity contribution in [1.82, 2.24) is 10.3 Å². The maximum absolute atomic E-state index is 7.50. The van der Waals surface area contributed by atoms with Crippen molar-refractivity contribution in [3.8, 4) is 0 Å². The molecule has 0 amide bonds. The predicted octanol–water partition coefficient (Wildman–Crippen LogP) is 4.49. The molecule has 4 nitrogen and oxygen atoms in total. The summed E-state index contributed by atoms with van der Waals surface area (Å²) >= 11 is 0. The molecule has 1 aromatic carbocycles. The molecule has 2 N–H and O–H groups in total. The monoisotopic (exact) mass is 287 g/mol. The molecular weight excluding hydrogens is 262 g/mol. The average molecular weight is 287 g/mol. The zero-order chi connectivity index (χ0) is 15.9. The van der Waals surface area contributed by atoms with Crippen LogP contribution in [0.15, 0.2) is 42.6 Å². The van der Waals surface area contributed by atoms with E-state index in [1.165, 1.54) is 18.2 Å². The molecule has 1 saturated heterocycles. The first kappa shape index (κ1) is 17.2. The van der Waals surface area contributed by atoms with Crippen LogP contribution in [0.3, 0.4) is 0 Å². The molecule has 0 bridgehead atoms. The maximum Gasteiger partial charge on any atom is 0.0701 e. The van der Waals surface area contributed by atoms with Gasteiger partial charge in [-0.05, 0) is 52.7 Å². The number of nitrogens with one attached hydrogen (secondary N) is 2. The SMILES string of the molecule is CC1(C)CCC(C)(C)N1.N=O.c1ccc2ncccc2c1. The Morgan fingerprint density at radius 2 is 1.48 bits per heavy atom. The number of nitrogens with zero attached hydrogens (tertiary/aromatic N) is 1. The largest absolute Gasteiger partial charge is 0.307 e. The molecule has 0 unspecified atom stereocenters. The lowest BCUT2D eigenvalue weighted by atomic mass is 10.0. The van der Waals surface area contributed by atoms with Gasteiger partial charge < -0.3 is 5.32 Å². The lowest BCUT2D eigenvalue weighted by Crippen LogP contribution is -2.43. The van der Waals surface area contributed by atoms with Crippen LogP contribution in [0.25, 0.3) is 10.9 Å². The van der Waals surface area contributed by atoms with Gasteiger partial charge in [-0.25, -0.2) is 0 Å². The molecule has 21 heavy (non-hydrogen) atoms. The molecule has 0 atom stereocenters. The number of benzene rings is 1. The first-order chi connectivity index (χ1) is 9.88. The standard InChI is InChI=1S/C9H7N.C8H17N.HNO/c1-2-6-9-8(4-1)5-3-7-10-9;1-7(2)5-6-8(3,4)9-7;1-2/h1-7H;9H,5-6H2,1-4H3;1H. The Hall–Kier alpha value is -1.81. The summed E-state index contributed by atoms with van der Waals surface area (Å²) < 4.78 is 0. The second-order valence-electron chi connectivity index (χ2n) is 6.59. The van der Waals surface area contributed by atoms with Gasteiger partial charge in [0.05, 0.1) is 5.52 Å². The Kier molecular flexibility index (Phi) is 5.97. The molecule has 0 saturated carbocycles. The second kappa shape index (κ2) is 7.27. The number of para-hydroxylation sites is 1. The lowest BCUT2D eigenvalue weighted by molar-refractivity contribution is 0.369. The Balaban J connectivity index is 0.000000189. The number of hydrogen-bond acceptors (Lipinski definition) is 4. The van der Waals surface area contributed by atoms with E-state index in [0.717, 1.165) is 5.52 Å². The normalized spacial score (nSPS) is 18.1. The van der Waals surface area contributed by atoms with E-state index in [1.54, 1.807) is 0 Å². The van der Waals surface area contributed by atoms with E-state index < -0.39 is 0 Å². The summed E-state index contributed by atoms with van der Waals surface area (Å²) in [5.74, 6) is 0. The highest BCUT2D eigenvalue weighted by Crippen LogP contribution is 2.29. The highest BCUT2D eigenvalue weighted by Gasteiger charge is 2.34. The molecule has 1 aliphatic rings. The Morgan fingerprint density at radius 3 is 1.95 bits per heavy atom. The maximum atomic E-state index is 7.50. The summed E-state index contributed by atoms with van der Waals surface area (Å²) in [6.45, 7) is 9.06. The first-order valence-electron chi connectivity index (χ1n) is 7.18. The van der Waals surface area contributed by atoms with Gasteiger partial charge in [0.1, 0.15) is 0 Å². The van der Waals surface area contributed by atoms with Gasteiger partial charge in [0.25, 0.3) is 0 Å². The van der Waals surface area contributed by atoms with Crippen LogP contribution in [-0.4, -0.2) is 16.1 Å². The summed E-state index contributed by atoms with van der Waals surface area (Å²) in [5, 5.41) is 4.77. The fraction of sp³-hybridized carbons (Fsp3) is 0.471. The van der Waals surface area contributed by atoms with Crippen molar-refractivity contribution in [2.75, 3.05) is 0 Å². The van der Waals surface area contributed by atoms with Crippen molar-refractivity contribution in [3.05, 3.63) is 47.5 Å². The van der Waals surface area contributed by atoms with E-state index in [1.807, 2.05) is 30.5 Å². The van der Waals surface area contributed by atoms with Crippen LogP contribution in [0.4, 0.5) is 0 Å². The van der Waals surface area contributed by atoms with Gasteiger partial charge in [-0.15, -0.1) is 0 Å². The third-order valence-corrected chi connectivity index (χ3v) is 3.56. The lowest BCUT2D eigenvalue weighted by Gasteiger charge is -2.24. The van der Waals surface area contributed by atoms with Crippen molar-refractivity contribution in [2.24, 2.45) is 0 Å². The molecule has 0 radical (unpaired) electrons. The number of pyridine rings is 1. The van der Waals surface area contributed by atoms with Crippen molar-refractivity contribution < 1.29 is 0 Å². The number of hydrogen-bond donors (Lipinski definition) is 2. The van der Waals surface area contributed by atoms with Gasteiger partial charge in [-0.1, -0.05) is 29.9 Å². The highest BCUT2D eigenvalue weighted by atomic mass is 16.2. The smallest absolute Gasteiger partial charge is 0.0701 e. The predicted molar refractivity (Wildman–Crippen MR) is 88.4 cm³/mol. The summed E-state index contributed by atoms with van der Waals surface area (Å²) in [4.78, 5) is 11.7. The fourth-order valence-electron chi connectivity index (χ4n) is 2.68. The van der Waals surface area contributed by atoms with Gasteiger partial charge in [0.2, 0.25) is 0 Å². The van der Waals surface area contributed by atoms with E-state index in [2.05, 4.69) is 55.7 Å². The van der Waals surface area contributed by atoms with Gasteiger partial charge in [0, 0.05) is 22.7 Å². The van der Waals surface area contributed by atoms with Crippen LogP contribution in [-0.2, 0) is 0 Å². The molecule has 1 aliphatic heterocycles. The summed E-state index contributed by atoms with van der Waals surface area (Å²) in [7, 11) is 0. The minimum Gasteiger partial charge on any atom is -0.307 e. The van der Waals surface area contributed by atoms with Crippen molar-refractivity contribution in [3.63, 3.8) is 0 Å². The van der Waals surface area contributed by atoms with Gasteiger partial charge in [0.15, 0.2) is 0 Å². The molecule has 0 spiro atoms. The van der Waals surface area contributed by atoms with Crippen LogP contribution >= 0.6 is 0 Å². The van der Waals surface area contributed by atoms with Crippen molar-refractivity contribution in [2.45, 2.75) is 51.6 Å².